The first kappa shape index (κ1) is 14.0. The van der Waals surface area contributed by atoms with Gasteiger partial charge in [0.1, 0.15) is 11.6 Å². The Kier molecular flexibility index (Phi) is 4.99. The highest BCUT2D eigenvalue weighted by Gasteiger charge is 2.19. The van der Waals surface area contributed by atoms with E-state index in [4.69, 9.17) is 5.11 Å². The molecule has 1 aromatic rings. The molecule has 0 radical (unpaired) electrons. The van der Waals surface area contributed by atoms with Crippen molar-refractivity contribution >= 4 is 0 Å². The highest BCUT2D eigenvalue weighted by molar-refractivity contribution is 5.21. The molecule has 0 fully saturated rings. The lowest BCUT2D eigenvalue weighted by molar-refractivity contribution is 0.121. The van der Waals surface area contributed by atoms with E-state index < -0.39 is 23.8 Å². The third-order valence-corrected chi connectivity index (χ3v) is 2.52. The third-order valence-electron chi connectivity index (χ3n) is 2.52. The number of benzene rings is 1. The number of rotatable bonds is 5. The smallest absolute Gasteiger partial charge is 0.126 e. The molecule has 1 unspecified atom stereocenters. The van der Waals surface area contributed by atoms with Crippen LogP contribution < -0.4 is 5.32 Å². The van der Waals surface area contributed by atoms with Gasteiger partial charge in [-0.15, -0.1) is 0 Å². The third kappa shape index (κ3) is 4.03. The SMILES string of the molecule is CC(N[C@H](C)CO)[C@@H](O)c1cc(F)cc(F)c1. The fraction of sp³-hybridized carbons (Fsp3) is 0.500. The molecular formula is C12H17F2NO2. The molecule has 1 rings (SSSR count). The topological polar surface area (TPSA) is 52.5 Å². The van der Waals surface area contributed by atoms with E-state index in [2.05, 4.69) is 5.32 Å². The molecule has 0 aliphatic rings. The molecular weight excluding hydrogens is 228 g/mol. The van der Waals surface area contributed by atoms with Crippen molar-refractivity contribution in [1.82, 2.24) is 5.32 Å². The van der Waals surface area contributed by atoms with Crippen LogP contribution in [0.5, 0.6) is 0 Å². The number of hydrogen-bond acceptors (Lipinski definition) is 3. The summed E-state index contributed by atoms with van der Waals surface area (Å²) in [5.41, 5.74) is 0.174. The quantitative estimate of drug-likeness (QED) is 0.734. The van der Waals surface area contributed by atoms with Gasteiger partial charge in [-0.2, -0.15) is 0 Å². The first-order valence-electron chi connectivity index (χ1n) is 5.45. The van der Waals surface area contributed by atoms with Gasteiger partial charge in [-0.05, 0) is 31.5 Å². The van der Waals surface area contributed by atoms with Crippen molar-refractivity contribution in [2.24, 2.45) is 0 Å². The summed E-state index contributed by atoms with van der Waals surface area (Å²) in [6, 6.07) is 2.33. The number of hydrogen-bond donors (Lipinski definition) is 3. The molecule has 0 bridgehead atoms. The summed E-state index contributed by atoms with van der Waals surface area (Å²) in [5, 5.41) is 21.7. The average Bonchev–Trinajstić information content (AvgIpc) is 2.26. The molecule has 3 nitrogen and oxygen atoms in total. The van der Waals surface area contributed by atoms with Crippen molar-refractivity contribution in [3.8, 4) is 0 Å². The maximum absolute atomic E-state index is 13.0. The highest BCUT2D eigenvalue weighted by atomic mass is 19.1. The van der Waals surface area contributed by atoms with Gasteiger partial charge in [0, 0.05) is 18.2 Å². The molecule has 17 heavy (non-hydrogen) atoms. The minimum atomic E-state index is -1.03. The summed E-state index contributed by atoms with van der Waals surface area (Å²) in [6.07, 6.45) is -1.03. The summed E-state index contributed by atoms with van der Waals surface area (Å²) < 4.78 is 25.9. The zero-order valence-corrected chi connectivity index (χ0v) is 9.82. The second-order valence-corrected chi connectivity index (χ2v) is 4.19. The second-order valence-electron chi connectivity index (χ2n) is 4.19. The molecule has 0 aromatic heterocycles. The number of aliphatic hydroxyl groups excluding tert-OH is 2. The lowest BCUT2D eigenvalue weighted by atomic mass is 10.0. The second kappa shape index (κ2) is 6.05. The molecule has 0 saturated heterocycles. The first-order valence-corrected chi connectivity index (χ1v) is 5.45. The van der Waals surface area contributed by atoms with Gasteiger partial charge < -0.3 is 15.5 Å². The lowest BCUT2D eigenvalue weighted by Crippen LogP contribution is -2.40. The molecule has 0 aliphatic heterocycles. The van der Waals surface area contributed by atoms with E-state index in [1.54, 1.807) is 13.8 Å². The Balaban J connectivity index is 2.77. The summed E-state index contributed by atoms with van der Waals surface area (Å²) in [5.74, 6) is -1.44. The van der Waals surface area contributed by atoms with Crippen LogP contribution in [0, 0.1) is 11.6 Å². The van der Waals surface area contributed by atoms with Gasteiger partial charge >= 0.3 is 0 Å². The minimum Gasteiger partial charge on any atom is -0.395 e. The summed E-state index contributed by atoms with van der Waals surface area (Å²) >= 11 is 0. The van der Waals surface area contributed by atoms with Gasteiger partial charge in [-0.3, -0.25) is 0 Å². The number of nitrogens with one attached hydrogen (secondary N) is 1. The van der Waals surface area contributed by atoms with Crippen molar-refractivity contribution in [3.05, 3.63) is 35.4 Å². The van der Waals surface area contributed by atoms with Crippen molar-refractivity contribution in [1.29, 1.82) is 0 Å². The largest absolute Gasteiger partial charge is 0.395 e. The Morgan fingerprint density at radius 2 is 1.71 bits per heavy atom. The van der Waals surface area contributed by atoms with Crippen LogP contribution in [0.4, 0.5) is 8.78 Å². The van der Waals surface area contributed by atoms with Gasteiger partial charge in [-0.1, -0.05) is 0 Å². The Bertz CT molecular complexity index is 353. The van der Waals surface area contributed by atoms with E-state index >= 15 is 0 Å². The average molecular weight is 245 g/mol. The van der Waals surface area contributed by atoms with Crippen LogP contribution in [0.2, 0.25) is 0 Å². The molecule has 0 aliphatic carbocycles. The molecule has 1 aromatic carbocycles. The Labute approximate surface area is 99.1 Å². The van der Waals surface area contributed by atoms with Crippen molar-refractivity contribution < 1.29 is 19.0 Å². The predicted octanol–water partition coefficient (Wildman–Crippen LogP) is 1.36. The van der Waals surface area contributed by atoms with E-state index in [0.717, 1.165) is 18.2 Å². The lowest BCUT2D eigenvalue weighted by Gasteiger charge is -2.23. The van der Waals surface area contributed by atoms with Gasteiger partial charge in [0.2, 0.25) is 0 Å². The first-order chi connectivity index (χ1) is 7.93. The zero-order chi connectivity index (χ0) is 13.0. The molecule has 3 atom stereocenters. The van der Waals surface area contributed by atoms with Crippen LogP contribution in [0.3, 0.4) is 0 Å². The summed E-state index contributed by atoms with van der Waals surface area (Å²) in [4.78, 5) is 0. The fourth-order valence-corrected chi connectivity index (χ4v) is 1.63. The maximum atomic E-state index is 13.0. The molecule has 0 heterocycles. The number of halogens is 2. The fourth-order valence-electron chi connectivity index (χ4n) is 1.63. The van der Waals surface area contributed by atoms with Crippen molar-refractivity contribution in [2.45, 2.75) is 32.0 Å². The monoisotopic (exact) mass is 245 g/mol. The Morgan fingerprint density at radius 3 is 2.18 bits per heavy atom. The standard InChI is InChI=1S/C12H17F2NO2/c1-7(6-16)15-8(2)12(17)9-3-10(13)5-11(14)4-9/h3-5,7-8,12,15-17H,6H2,1-2H3/t7-,8?,12-/m1/s1. The van der Waals surface area contributed by atoms with Crippen LogP contribution in [-0.2, 0) is 0 Å². The number of aliphatic hydroxyl groups is 2. The van der Waals surface area contributed by atoms with Gasteiger partial charge in [0.25, 0.3) is 0 Å². The van der Waals surface area contributed by atoms with Crippen LogP contribution in [0.1, 0.15) is 25.5 Å². The van der Waals surface area contributed by atoms with E-state index in [1.807, 2.05) is 0 Å². The van der Waals surface area contributed by atoms with Crippen LogP contribution in [0.15, 0.2) is 18.2 Å². The molecule has 96 valence electrons. The molecule has 3 N–H and O–H groups in total. The van der Waals surface area contributed by atoms with Crippen molar-refractivity contribution in [2.75, 3.05) is 6.61 Å². The van der Waals surface area contributed by atoms with Gasteiger partial charge in [0.15, 0.2) is 0 Å². The van der Waals surface area contributed by atoms with Crippen LogP contribution in [-0.4, -0.2) is 28.9 Å². The van der Waals surface area contributed by atoms with Crippen LogP contribution >= 0.6 is 0 Å². The zero-order valence-electron chi connectivity index (χ0n) is 9.82. The van der Waals surface area contributed by atoms with E-state index in [-0.39, 0.29) is 18.2 Å². The Hall–Kier alpha value is -1.04. The molecule has 0 amide bonds. The normalized spacial score (nSPS) is 16.6. The highest BCUT2D eigenvalue weighted by Crippen LogP contribution is 2.19. The minimum absolute atomic E-state index is 0.0748. The Morgan fingerprint density at radius 1 is 1.18 bits per heavy atom. The van der Waals surface area contributed by atoms with Crippen molar-refractivity contribution in [3.63, 3.8) is 0 Å². The van der Waals surface area contributed by atoms with E-state index in [9.17, 15) is 13.9 Å². The van der Waals surface area contributed by atoms with Crippen LogP contribution in [0.25, 0.3) is 0 Å². The summed E-state index contributed by atoms with van der Waals surface area (Å²) in [6.45, 7) is 3.35. The predicted molar refractivity (Wildman–Crippen MR) is 60.5 cm³/mol. The van der Waals surface area contributed by atoms with Gasteiger partial charge in [0.05, 0.1) is 12.7 Å². The molecule has 0 saturated carbocycles. The molecule has 0 spiro atoms. The maximum Gasteiger partial charge on any atom is 0.126 e. The van der Waals surface area contributed by atoms with E-state index in [1.165, 1.54) is 0 Å². The molecule has 5 heteroatoms. The van der Waals surface area contributed by atoms with Gasteiger partial charge in [-0.25, -0.2) is 8.78 Å². The van der Waals surface area contributed by atoms with E-state index in [0.29, 0.717) is 0 Å². The summed E-state index contributed by atoms with van der Waals surface area (Å²) in [7, 11) is 0.